The quantitative estimate of drug-likeness (QED) is 0.571. The molecule has 0 N–H and O–H groups in total. The lowest BCUT2D eigenvalue weighted by molar-refractivity contribution is 0.432. The second-order valence-corrected chi connectivity index (χ2v) is 5.96. The number of aromatic nitrogens is 5. The molecule has 0 saturated heterocycles. The summed E-state index contributed by atoms with van der Waals surface area (Å²) in [6.07, 6.45) is 0. The van der Waals surface area contributed by atoms with Gasteiger partial charge in [0.25, 0.3) is 5.89 Å². The van der Waals surface area contributed by atoms with Gasteiger partial charge in [0.2, 0.25) is 5.82 Å². The summed E-state index contributed by atoms with van der Waals surface area (Å²) in [6, 6.07) is 18.1. The highest BCUT2D eigenvalue weighted by atomic mass is 16.5. The van der Waals surface area contributed by atoms with Gasteiger partial charge in [0, 0.05) is 5.56 Å². The normalized spacial score (nSPS) is 11.0. The van der Waals surface area contributed by atoms with Crippen LogP contribution in [0.5, 0.6) is 0 Å². The fourth-order valence-electron chi connectivity index (χ4n) is 2.61. The highest BCUT2D eigenvalue weighted by Gasteiger charge is 2.17. The highest BCUT2D eigenvalue weighted by Crippen LogP contribution is 2.23. The molecule has 4 rings (SSSR count). The molecule has 6 nitrogen and oxygen atoms in total. The molecule has 2 aromatic carbocycles. The maximum atomic E-state index is 5.39. The number of hydrogen-bond donors (Lipinski definition) is 0. The van der Waals surface area contributed by atoms with Crippen LogP contribution in [-0.4, -0.2) is 25.1 Å². The molecule has 0 saturated carbocycles. The summed E-state index contributed by atoms with van der Waals surface area (Å²) in [4.78, 5) is 4.47. The van der Waals surface area contributed by atoms with Gasteiger partial charge in [-0.25, -0.2) is 4.68 Å². The number of benzene rings is 2. The largest absolute Gasteiger partial charge is 0.334 e. The van der Waals surface area contributed by atoms with Crippen molar-refractivity contribution in [1.29, 1.82) is 0 Å². The van der Waals surface area contributed by atoms with E-state index in [-0.39, 0.29) is 0 Å². The Morgan fingerprint density at radius 3 is 2.48 bits per heavy atom. The molecule has 2 heterocycles. The minimum absolute atomic E-state index is 0.451. The Morgan fingerprint density at radius 2 is 1.72 bits per heavy atom. The van der Waals surface area contributed by atoms with Gasteiger partial charge in [0.05, 0.1) is 12.2 Å². The zero-order valence-electron chi connectivity index (χ0n) is 14.0. The summed E-state index contributed by atoms with van der Waals surface area (Å²) in [5.41, 5.74) is 4.77. The average molecular weight is 331 g/mol. The molecule has 0 fully saturated rings. The first-order chi connectivity index (χ1) is 12.2. The molecule has 0 aliphatic rings. The van der Waals surface area contributed by atoms with E-state index in [1.165, 1.54) is 5.56 Å². The van der Waals surface area contributed by atoms with Gasteiger partial charge in [-0.2, -0.15) is 4.98 Å². The van der Waals surface area contributed by atoms with E-state index in [2.05, 4.69) is 32.6 Å². The third kappa shape index (κ3) is 3.06. The van der Waals surface area contributed by atoms with Crippen LogP contribution in [0.15, 0.2) is 59.1 Å². The minimum Gasteiger partial charge on any atom is -0.334 e. The summed E-state index contributed by atoms with van der Waals surface area (Å²) in [5.74, 6) is 0.930. The number of rotatable bonds is 4. The molecule has 2 aromatic heterocycles. The summed E-state index contributed by atoms with van der Waals surface area (Å²) in [5, 5.41) is 12.5. The van der Waals surface area contributed by atoms with Gasteiger partial charge in [0.1, 0.15) is 0 Å². The molecule has 0 spiro atoms. The van der Waals surface area contributed by atoms with Crippen LogP contribution in [0.1, 0.15) is 16.8 Å². The second-order valence-electron chi connectivity index (χ2n) is 5.96. The second kappa shape index (κ2) is 6.32. The SMILES string of the molecule is Cc1ccc(-c2nc(-c3nnn(Cc4ccccc4)c3C)no2)cc1. The molecule has 6 heteroatoms. The Labute approximate surface area is 145 Å². The van der Waals surface area contributed by atoms with Crippen molar-refractivity contribution in [1.82, 2.24) is 25.1 Å². The average Bonchev–Trinajstić information content (AvgIpc) is 3.24. The fraction of sp³-hybridized carbons (Fsp3) is 0.158. The molecule has 0 amide bonds. The van der Waals surface area contributed by atoms with E-state index in [0.717, 1.165) is 16.8 Å². The van der Waals surface area contributed by atoms with Gasteiger partial charge in [-0.05, 0) is 31.5 Å². The van der Waals surface area contributed by atoms with Crippen molar-refractivity contribution in [2.24, 2.45) is 0 Å². The molecule has 0 aliphatic heterocycles. The lowest BCUT2D eigenvalue weighted by Gasteiger charge is -2.02. The third-order valence-electron chi connectivity index (χ3n) is 4.09. The zero-order valence-corrected chi connectivity index (χ0v) is 14.0. The van der Waals surface area contributed by atoms with Gasteiger partial charge in [-0.15, -0.1) is 5.10 Å². The fourth-order valence-corrected chi connectivity index (χ4v) is 2.61. The van der Waals surface area contributed by atoms with Gasteiger partial charge < -0.3 is 4.52 Å². The standard InChI is InChI=1S/C19H17N5O/c1-13-8-10-16(11-9-13)19-20-18(22-25-19)17-14(2)24(23-21-17)12-15-6-4-3-5-7-15/h3-11H,12H2,1-2H3. The number of aryl methyl sites for hydroxylation is 1. The molecule has 0 atom stereocenters. The zero-order chi connectivity index (χ0) is 17.2. The van der Waals surface area contributed by atoms with Crippen LogP contribution >= 0.6 is 0 Å². The van der Waals surface area contributed by atoms with E-state index >= 15 is 0 Å². The van der Waals surface area contributed by atoms with Gasteiger partial charge in [0.15, 0.2) is 5.69 Å². The maximum absolute atomic E-state index is 5.39. The molecular weight excluding hydrogens is 314 g/mol. The first-order valence-corrected chi connectivity index (χ1v) is 8.06. The molecule has 25 heavy (non-hydrogen) atoms. The van der Waals surface area contributed by atoms with Crippen LogP contribution in [-0.2, 0) is 6.54 Å². The summed E-state index contributed by atoms with van der Waals surface area (Å²) in [7, 11) is 0. The van der Waals surface area contributed by atoms with Crippen LogP contribution in [0.25, 0.3) is 23.0 Å². The maximum Gasteiger partial charge on any atom is 0.258 e. The van der Waals surface area contributed by atoms with Crippen LogP contribution < -0.4 is 0 Å². The van der Waals surface area contributed by atoms with E-state index in [0.29, 0.717) is 24.0 Å². The van der Waals surface area contributed by atoms with Crippen molar-refractivity contribution < 1.29 is 4.52 Å². The molecule has 0 aliphatic carbocycles. The van der Waals surface area contributed by atoms with Crippen molar-refractivity contribution >= 4 is 0 Å². The van der Waals surface area contributed by atoms with E-state index in [4.69, 9.17) is 4.52 Å². The molecule has 0 bridgehead atoms. The van der Waals surface area contributed by atoms with Crippen LogP contribution in [0.2, 0.25) is 0 Å². The van der Waals surface area contributed by atoms with E-state index in [9.17, 15) is 0 Å². The van der Waals surface area contributed by atoms with Crippen LogP contribution in [0.3, 0.4) is 0 Å². The van der Waals surface area contributed by atoms with Gasteiger partial charge >= 0.3 is 0 Å². The van der Waals surface area contributed by atoms with E-state index < -0.39 is 0 Å². The molecule has 124 valence electrons. The highest BCUT2D eigenvalue weighted by molar-refractivity contribution is 5.58. The Kier molecular flexibility index (Phi) is 3.85. The Balaban J connectivity index is 1.62. The Morgan fingerprint density at radius 1 is 0.960 bits per heavy atom. The topological polar surface area (TPSA) is 69.6 Å². The predicted octanol–water partition coefficient (Wildman–Crippen LogP) is 3.66. The summed E-state index contributed by atoms with van der Waals surface area (Å²) < 4.78 is 7.23. The summed E-state index contributed by atoms with van der Waals surface area (Å²) >= 11 is 0. The van der Waals surface area contributed by atoms with Crippen molar-refractivity contribution in [3.8, 4) is 23.0 Å². The van der Waals surface area contributed by atoms with Gasteiger partial charge in [-0.1, -0.05) is 58.4 Å². The predicted molar refractivity (Wildman–Crippen MR) is 93.8 cm³/mol. The summed E-state index contributed by atoms with van der Waals surface area (Å²) in [6.45, 7) is 4.65. The lowest BCUT2D eigenvalue weighted by Crippen LogP contribution is -2.03. The Hall–Kier alpha value is -3.28. The van der Waals surface area contributed by atoms with Crippen molar-refractivity contribution in [3.63, 3.8) is 0 Å². The van der Waals surface area contributed by atoms with Crippen molar-refractivity contribution in [3.05, 3.63) is 71.4 Å². The number of hydrogen-bond acceptors (Lipinski definition) is 5. The number of nitrogens with zero attached hydrogens (tertiary/aromatic N) is 5. The lowest BCUT2D eigenvalue weighted by atomic mass is 10.1. The molecule has 4 aromatic rings. The van der Waals surface area contributed by atoms with Gasteiger partial charge in [-0.3, -0.25) is 0 Å². The smallest absolute Gasteiger partial charge is 0.258 e. The minimum atomic E-state index is 0.451. The molecule has 0 unspecified atom stereocenters. The molecule has 0 radical (unpaired) electrons. The van der Waals surface area contributed by atoms with E-state index in [1.54, 1.807) is 0 Å². The Bertz CT molecular complexity index is 986. The van der Waals surface area contributed by atoms with Crippen molar-refractivity contribution in [2.45, 2.75) is 20.4 Å². The third-order valence-corrected chi connectivity index (χ3v) is 4.09. The van der Waals surface area contributed by atoms with Crippen molar-refractivity contribution in [2.75, 3.05) is 0 Å². The van der Waals surface area contributed by atoms with Crippen LogP contribution in [0, 0.1) is 13.8 Å². The van der Waals surface area contributed by atoms with E-state index in [1.807, 2.05) is 61.0 Å². The van der Waals surface area contributed by atoms with Crippen LogP contribution in [0.4, 0.5) is 0 Å². The first-order valence-electron chi connectivity index (χ1n) is 8.06. The molecular formula is C19H17N5O. The monoisotopic (exact) mass is 331 g/mol. The first kappa shape index (κ1) is 15.3.